The van der Waals surface area contributed by atoms with Crippen molar-refractivity contribution in [2.45, 2.75) is 27.7 Å². The van der Waals surface area contributed by atoms with Crippen molar-refractivity contribution < 1.29 is 4.79 Å². The number of benzene rings is 1. The summed E-state index contributed by atoms with van der Waals surface area (Å²) in [5, 5.41) is 3.94. The van der Waals surface area contributed by atoms with Gasteiger partial charge in [-0.3, -0.25) is 4.79 Å². The fraction of sp³-hybridized carbons (Fsp3) is 0.438. The summed E-state index contributed by atoms with van der Waals surface area (Å²) in [6.07, 6.45) is 0. The Hall–Kier alpha value is -1.07. The van der Waals surface area contributed by atoms with Gasteiger partial charge in [0.1, 0.15) is 4.88 Å². The van der Waals surface area contributed by atoms with Crippen LogP contribution in [0.2, 0.25) is 0 Å². The SMILES string of the molecule is CC(CNC(=O)c1sc2ccc(Br)cc2c1N)C(C)(C)C. The van der Waals surface area contributed by atoms with Crippen molar-refractivity contribution >= 4 is 48.9 Å². The van der Waals surface area contributed by atoms with Crippen molar-refractivity contribution in [1.29, 1.82) is 0 Å². The maximum Gasteiger partial charge on any atom is 0.263 e. The highest BCUT2D eigenvalue weighted by atomic mass is 79.9. The van der Waals surface area contributed by atoms with Crippen molar-refractivity contribution in [2.24, 2.45) is 11.3 Å². The molecule has 3 nitrogen and oxygen atoms in total. The third-order valence-electron chi connectivity index (χ3n) is 3.94. The predicted octanol–water partition coefficient (Wildman–Crippen LogP) is 4.66. The summed E-state index contributed by atoms with van der Waals surface area (Å²) in [6.45, 7) is 9.32. The quantitative estimate of drug-likeness (QED) is 0.827. The molecule has 1 atom stereocenters. The summed E-state index contributed by atoms with van der Waals surface area (Å²) in [6, 6.07) is 5.90. The fourth-order valence-electron chi connectivity index (χ4n) is 1.89. The molecular formula is C16H21BrN2OS. The van der Waals surface area contributed by atoms with Crippen LogP contribution in [0.5, 0.6) is 0 Å². The maximum atomic E-state index is 12.4. The number of hydrogen-bond acceptors (Lipinski definition) is 3. The van der Waals surface area contributed by atoms with Crippen LogP contribution in [0.25, 0.3) is 10.1 Å². The van der Waals surface area contributed by atoms with Gasteiger partial charge in [0.25, 0.3) is 5.91 Å². The van der Waals surface area contributed by atoms with Crippen molar-refractivity contribution in [1.82, 2.24) is 5.32 Å². The van der Waals surface area contributed by atoms with Gasteiger partial charge in [-0.1, -0.05) is 43.6 Å². The van der Waals surface area contributed by atoms with Gasteiger partial charge in [0.2, 0.25) is 0 Å². The minimum absolute atomic E-state index is 0.0825. The lowest BCUT2D eigenvalue weighted by atomic mass is 9.82. The van der Waals surface area contributed by atoms with Crippen LogP contribution in [0.15, 0.2) is 22.7 Å². The van der Waals surface area contributed by atoms with Crippen LogP contribution in [-0.4, -0.2) is 12.5 Å². The number of anilines is 1. The lowest BCUT2D eigenvalue weighted by Crippen LogP contribution is -2.33. The first-order chi connectivity index (χ1) is 9.70. The van der Waals surface area contributed by atoms with E-state index < -0.39 is 0 Å². The summed E-state index contributed by atoms with van der Waals surface area (Å²) in [5.74, 6) is 0.312. The molecule has 2 rings (SSSR count). The first kappa shape index (κ1) is 16.3. The molecule has 0 saturated heterocycles. The second kappa shape index (κ2) is 5.97. The highest BCUT2D eigenvalue weighted by Crippen LogP contribution is 2.35. The Morgan fingerprint density at radius 3 is 2.71 bits per heavy atom. The third kappa shape index (κ3) is 3.58. The number of nitrogens with one attached hydrogen (secondary N) is 1. The van der Waals surface area contributed by atoms with Crippen molar-refractivity contribution in [3.05, 3.63) is 27.5 Å². The van der Waals surface area contributed by atoms with Gasteiger partial charge in [-0.05, 0) is 29.5 Å². The van der Waals surface area contributed by atoms with Gasteiger partial charge in [0.15, 0.2) is 0 Å². The van der Waals surface area contributed by atoms with E-state index in [-0.39, 0.29) is 11.3 Å². The molecule has 1 aromatic heterocycles. The highest BCUT2D eigenvalue weighted by molar-refractivity contribution is 9.10. The van der Waals surface area contributed by atoms with Crippen LogP contribution >= 0.6 is 27.3 Å². The van der Waals surface area contributed by atoms with Crippen LogP contribution in [0.3, 0.4) is 0 Å². The lowest BCUT2D eigenvalue weighted by molar-refractivity contribution is 0.0942. The number of halogens is 1. The molecule has 0 fully saturated rings. The van der Waals surface area contributed by atoms with E-state index in [9.17, 15) is 4.79 Å². The molecule has 1 unspecified atom stereocenters. The Bertz CT molecular complexity index is 673. The van der Waals surface area contributed by atoms with E-state index in [1.54, 1.807) is 0 Å². The van der Waals surface area contributed by atoms with E-state index in [0.29, 0.717) is 23.0 Å². The Morgan fingerprint density at radius 2 is 2.10 bits per heavy atom. The zero-order valence-electron chi connectivity index (χ0n) is 12.8. The summed E-state index contributed by atoms with van der Waals surface area (Å²) in [4.78, 5) is 13.0. The molecule has 114 valence electrons. The standard InChI is InChI=1S/C16H21BrN2OS/c1-9(16(2,3)4)8-19-15(20)14-13(18)11-7-10(17)5-6-12(11)21-14/h5-7,9H,8,18H2,1-4H3,(H,19,20). The monoisotopic (exact) mass is 368 g/mol. The van der Waals surface area contributed by atoms with E-state index in [1.807, 2.05) is 18.2 Å². The van der Waals surface area contributed by atoms with Gasteiger partial charge in [0.05, 0.1) is 5.69 Å². The molecule has 0 aliphatic rings. The zero-order chi connectivity index (χ0) is 15.8. The van der Waals surface area contributed by atoms with Crippen LogP contribution in [0.1, 0.15) is 37.4 Å². The molecule has 2 aromatic rings. The van der Waals surface area contributed by atoms with Gasteiger partial charge in [-0.2, -0.15) is 0 Å². The number of hydrogen-bond donors (Lipinski definition) is 2. The second-order valence-electron chi connectivity index (χ2n) is 6.46. The molecule has 0 aliphatic heterocycles. The van der Waals surface area contributed by atoms with Crippen molar-refractivity contribution in [2.75, 3.05) is 12.3 Å². The summed E-state index contributed by atoms with van der Waals surface area (Å²) < 4.78 is 2.00. The molecule has 0 bridgehead atoms. The third-order valence-corrected chi connectivity index (χ3v) is 5.62. The number of fused-ring (bicyclic) bond motifs is 1. The molecule has 21 heavy (non-hydrogen) atoms. The molecule has 0 radical (unpaired) electrons. The zero-order valence-corrected chi connectivity index (χ0v) is 15.2. The number of amides is 1. The first-order valence-corrected chi connectivity index (χ1v) is 8.57. The van der Waals surface area contributed by atoms with Crippen molar-refractivity contribution in [3.63, 3.8) is 0 Å². The first-order valence-electron chi connectivity index (χ1n) is 6.96. The maximum absolute atomic E-state index is 12.4. The van der Waals surface area contributed by atoms with E-state index in [0.717, 1.165) is 14.6 Å². The summed E-state index contributed by atoms with van der Waals surface area (Å²) in [5.41, 5.74) is 6.87. The smallest absolute Gasteiger partial charge is 0.263 e. The largest absolute Gasteiger partial charge is 0.397 e. The number of rotatable bonds is 3. The topological polar surface area (TPSA) is 55.1 Å². The van der Waals surface area contributed by atoms with Crippen LogP contribution in [0, 0.1) is 11.3 Å². The number of nitrogens with two attached hydrogens (primary N) is 1. The Labute approximate surface area is 138 Å². The number of carbonyl (C=O) groups excluding carboxylic acids is 1. The van der Waals surface area contributed by atoms with E-state index >= 15 is 0 Å². The van der Waals surface area contributed by atoms with Crippen LogP contribution in [-0.2, 0) is 0 Å². The molecular weight excluding hydrogens is 348 g/mol. The normalized spacial score (nSPS) is 13.4. The van der Waals surface area contributed by atoms with Crippen molar-refractivity contribution in [3.8, 4) is 0 Å². The van der Waals surface area contributed by atoms with Gasteiger partial charge in [-0.25, -0.2) is 0 Å². The molecule has 1 heterocycles. The number of nitrogen functional groups attached to an aromatic ring is 1. The molecule has 0 spiro atoms. The van der Waals surface area contributed by atoms with Crippen LogP contribution < -0.4 is 11.1 Å². The molecule has 1 amide bonds. The van der Waals surface area contributed by atoms with Gasteiger partial charge in [-0.15, -0.1) is 11.3 Å². The average Bonchev–Trinajstić information content (AvgIpc) is 2.72. The minimum atomic E-state index is -0.0825. The van der Waals surface area contributed by atoms with Crippen LogP contribution in [0.4, 0.5) is 5.69 Å². The molecule has 3 N–H and O–H groups in total. The Morgan fingerprint density at radius 1 is 1.43 bits per heavy atom. The lowest BCUT2D eigenvalue weighted by Gasteiger charge is -2.27. The number of thiophene rings is 1. The summed E-state index contributed by atoms with van der Waals surface area (Å²) >= 11 is 4.87. The second-order valence-corrected chi connectivity index (χ2v) is 8.43. The summed E-state index contributed by atoms with van der Waals surface area (Å²) in [7, 11) is 0. The van der Waals surface area contributed by atoms with E-state index in [4.69, 9.17) is 5.73 Å². The molecule has 1 aromatic carbocycles. The van der Waals surface area contributed by atoms with E-state index in [1.165, 1.54) is 11.3 Å². The molecule has 5 heteroatoms. The van der Waals surface area contributed by atoms with Gasteiger partial charge >= 0.3 is 0 Å². The average molecular weight is 369 g/mol. The minimum Gasteiger partial charge on any atom is -0.397 e. The van der Waals surface area contributed by atoms with Gasteiger partial charge < -0.3 is 11.1 Å². The fourth-order valence-corrected chi connectivity index (χ4v) is 3.27. The van der Waals surface area contributed by atoms with Gasteiger partial charge in [0, 0.05) is 21.1 Å². The molecule has 0 aliphatic carbocycles. The van der Waals surface area contributed by atoms with E-state index in [2.05, 4.69) is 48.9 Å². The predicted molar refractivity (Wildman–Crippen MR) is 94.9 cm³/mol. The Balaban J connectivity index is 2.18. The Kier molecular flexibility index (Phi) is 4.63. The number of carbonyl (C=O) groups is 1. The molecule has 0 saturated carbocycles. The highest BCUT2D eigenvalue weighted by Gasteiger charge is 2.22.